The third-order valence-electron chi connectivity index (χ3n) is 6.05. The van der Waals surface area contributed by atoms with E-state index in [1.165, 1.54) is 12.8 Å². The molecule has 2 atom stereocenters. The van der Waals surface area contributed by atoms with Crippen LogP contribution in [0.5, 0.6) is 5.75 Å². The van der Waals surface area contributed by atoms with E-state index in [0.717, 1.165) is 38.0 Å². The zero-order valence-corrected chi connectivity index (χ0v) is 15.5. The molecule has 1 aromatic carbocycles. The SMILES string of the molecule is O=C(NCC1CCC(CCOc2ccccc2)CC1)C1=NNC(=O)C2CC12.[HH].[HH]. The Balaban J connectivity index is 0.00000150. The number of benzene rings is 1. The first-order valence-corrected chi connectivity index (χ1v) is 10.0. The highest BCUT2D eigenvalue weighted by Gasteiger charge is 2.51. The summed E-state index contributed by atoms with van der Waals surface area (Å²) >= 11 is 0. The summed E-state index contributed by atoms with van der Waals surface area (Å²) in [6.07, 6.45) is 6.53. The Morgan fingerprint density at radius 2 is 1.89 bits per heavy atom. The molecular weight excluding hydrogens is 342 g/mol. The van der Waals surface area contributed by atoms with Crippen LogP contribution in [0.25, 0.3) is 0 Å². The van der Waals surface area contributed by atoms with Crippen molar-refractivity contribution >= 4 is 17.5 Å². The minimum Gasteiger partial charge on any atom is -0.494 e. The highest BCUT2D eigenvalue weighted by Crippen LogP contribution is 2.41. The second-order valence-corrected chi connectivity index (χ2v) is 7.97. The van der Waals surface area contributed by atoms with E-state index in [4.69, 9.17) is 4.74 Å². The predicted octanol–water partition coefficient (Wildman–Crippen LogP) is 2.99. The van der Waals surface area contributed by atoms with Crippen LogP contribution in [0.15, 0.2) is 35.4 Å². The number of ether oxygens (including phenoxy) is 1. The van der Waals surface area contributed by atoms with Gasteiger partial charge in [-0.05, 0) is 62.5 Å². The van der Waals surface area contributed by atoms with Crippen molar-refractivity contribution in [2.45, 2.75) is 38.5 Å². The number of hydrogen-bond donors (Lipinski definition) is 2. The average Bonchev–Trinajstić information content (AvgIpc) is 3.50. The summed E-state index contributed by atoms with van der Waals surface area (Å²) in [5.41, 5.74) is 2.96. The highest BCUT2D eigenvalue weighted by atomic mass is 16.5. The maximum atomic E-state index is 12.3. The smallest absolute Gasteiger partial charge is 0.267 e. The third-order valence-corrected chi connectivity index (χ3v) is 6.05. The molecule has 6 nitrogen and oxygen atoms in total. The molecule has 148 valence electrons. The normalized spacial score (nSPS) is 29.2. The summed E-state index contributed by atoms with van der Waals surface area (Å²) < 4.78 is 5.80. The number of amides is 2. The van der Waals surface area contributed by atoms with Gasteiger partial charge in [-0.15, -0.1) is 0 Å². The van der Waals surface area contributed by atoms with Crippen LogP contribution in [0.3, 0.4) is 0 Å². The fraction of sp³-hybridized carbons (Fsp3) is 0.571. The number of rotatable bonds is 7. The van der Waals surface area contributed by atoms with Gasteiger partial charge in [0, 0.05) is 21.2 Å². The van der Waals surface area contributed by atoms with Gasteiger partial charge in [0.2, 0.25) is 5.91 Å². The number of carbonyl (C=O) groups excluding carboxylic acids is 2. The molecule has 27 heavy (non-hydrogen) atoms. The van der Waals surface area contributed by atoms with Crippen LogP contribution < -0.4 is 15.5 Å². The lowest BCUT2D eigenvalue weighted by Crippen LogP contribution is -2.40. The van der Waals surface area contributed by atoms with Crippen molar-refractivity contribution in [1.82, 2.24) is 10.7 Å². The number of hydrazone groups is 1. The van der Waals surface area contributed by atoms with Crippen molar-refractivity contribution in [3.63, 3.8) is 0 Å². The number of nitrogens with zero attached hydrogens (tertiary/aromatic N) is 1. The molecule has 4 rings (SSSR count). The van der Waals surface area contributed by atoms with Crippen molar-refractivity contribution in [3.8, 4) is 5.75 Å². The third kappa shape index (κ3) is 4.49. The van der Waals surface area contributed by atoms with Crippen molar-refractivity contribution in [3.05, 3.63) is 30.3 Å². The number of hydrogen-bond acceptors (Lipinski definition) is 4. The van der Waals surface area contributed by atoms with E-state index in [1.54, 1.807) is 0 Å². The molecule has 0 saturated heterocycles. The maximum Gasteiger partial charge on any atom is 0.267 e. The van der Waals surface area contributed by atoms with Crippen LogP contribution in [0.4, 0.5) is 0 Å². The number of para-hydroxylation sites is 1. The summed E-state index contributed by atoms with van der Waals surface area (Å²) in [5, 5.41) is 6.99. The Bertz CT molecular complexity index is 721. The topological polar surface area (TPSA) is 79.8 Å². The molecule has 1 aromatic rings. The molecule has 0 spiro atoms. The van der Waals surface area contributed by atoms with Gasteiger partial charge in [-0.1, -0.05) is 18.2 Å². The summed E-state index contributed by atoms with van der Waals surface area (Å²) in [4.78, 5) is 23.8. The summed E-state index contributed by atoms with van der Waals surface area (Å²) in [7, 11) is 0. The van der Waals surface area contributed by atoms with Crippen LogP contribution in [-0.2, 0) is 9.59 Å². The Kier molecular flexibility index (Phi) is 5.41. The minimum absolute atomic E-state index is 0. The fourth-order valence-electron chi connectivity index (χ4n) is 4.20. The lowest BCUT2D eigenvalue weighted by Gasteiger charge is -2.28. The first-order valence-electron chi connectivity index (χ1n) is 10.0. The average molecular weight is 373 g/mol. The molecule has 0 aromatic heterocycles. The van der Waals surface area contributed by atoms with E-state index >= 15 is 0 Å². The minimum atomic E-state index is -0.110. The highest BCUT2D eigenvalue weighted by molar-refractivity contribution is 6.41. The van der Waals surface area contributed by atoms with Crippen LogP contribution in [0.2, 0.25) is 0 Å². The first-order chi connectivity index (χ1) is 13.2. The molecule has 2 amide bonds. The maximum absolute atomic E-state index is 12.3. The van der Waals surface area contributed by atoms with E-state index in [-0.39, 0.29) is 26.5 Å². The van der Waals surface area contributed by atoms with E-state index < -0.39 is 0 Å². The van der Waals surface area contributed by atoms with Crippen LogP contribution in [0.1, 0.15) is 41.4 Å². The van der Waals surface area contributed by atoms with Gasteiger partial charge < -0.3 is 10.1 Å². The number of fused-ring (bicyclic) bond motifs is 1. The van der Waals surface area contributed by atoms with Crippen molar-refractivity contribution in [2.75, 3.05) is 13.2 Å². The molecule has 2 saturated carbocycles. The molecule has 2 N–H and O–H groups in total. The predicted molar refractivity (Wildman–Crippen MR) is 106 cm³/mol. The van der Waals surface area contributed by atoms with Gasteiger partial charge in [-0.25, -0.2) is 5.43 Å². The Labute approximate surface area is 162 Å². The summed E-state index contributed by atoms with van der Waals surface area (Å²) in [6.45, 7) is 1.47. The quantitative estimate of drug-likeness (QED) is 0.771. The van der Waals surface area contributed by atoms with Gasteiger partial charge >= 0.3 is 0 Å². The molecule has 0 bridgehead atoms. The van der Waals surface area contributed by atoms with Gasteiger partial charge in [0.1, 0.15) is 11.5 Å². The van der Waals surface area contributed by atoms with Crippen LogP contribution >= 0.6 is 0 Å². The second-order valence-electron chi connectivity index (χ2n) is 7.97. The molecule has 3 aliphatic rings. The van der Waals surface area contributed by atoms with Crippen molar-refractivity contribution in [1.29, 1.82) is 0 Å². The lowest BCUT2D eigenvalue weighted by atomic mass is 9.80. The molecule has 1 heterocycles. The van der Waals surface area contributed by atoms with E-state index in [1.807, 2.05) is 30.3 Å². The number of carbonyl (C=O) groups is 2. The molecule has 6 heteroatoms. The van der Waals surface area contributed by atoms with E-state index in [2.05, 4.69) is 15.8 Å². The molecule has 2 fully saturated rings. The monoisotopic (exact) mass is 373 g/mol. The van der Waals surface area contributed by atoms with Crippen LogP contribution in [0, 0.1) is 23.7 Å². The van der Waals surface area contributed by atoms with Crippen molar-refractivity contribution < 1.29 is 17.2 Å². The zero-order valence-electron chi connectivity index (χ0n) is 15.5. The summed E-state index contributed by atoms with van der Waals surface area (Å²) in [6, 6.07) is 9.96. The van der Waals surface area contributed by atoms with Gasteiger partial charge in [-0.2, -0.15) is 5.10 Å². The fourth-order valence-corrected chi connectivity index (χ4v) is 4.20. The molecule has 0 radical (unpaired) electrons. The van der Waals surface area contributed by atoms with E-state index in [9.17, 15) is 9.59 Å². The standard InChI is InChI=1S/C21H27N3O3.2H2/c25-20-18-12-17(18)19(23-24-20)21(26)22-13-15-8-6-14(7-9-15)10-11-27-16-4-2-1-3-5-16;;/h1-5,14-15,17-18H,6-13H2,(H,22,26)(H,24,25);2*1H. The summed E-state index contributed by atoms with van der Waals surface area (Å²) in [5.74, 6) is 2.04. The van der Waals surface area contributed by atoms with Gasteiger partial charge in [0.25, 0.3) is 5.91 Å². The second kappa shape index (κ2) is 8.11. The molecule has 2 unspecified atom stereocenters. The molecule has 2 aliphatic carbocycles. The zero-order chi connectivity index (χ0) is 18.6. The lowest BCUT2D eigenvalue weighted by molar-refractivity contribution is -0.122. The van der Waals surface area contributed by atoms with Crippen molar-refractivity contribution in [2.24, 2.45) is 28.8 Å². The Morgan fingerprint density at radius 3 is 2.67 bits per heavy atom. The van der Waals surface area contributed by atoms with Gasteiger partial charge in [-0.3, -0.25) is 9.59 Å². The Morgan fingerprint density at radius 1 is 1.15 bits per heavy atom. The first kappa shape index (κ1) is 18.0. The van der Waals surface area contributed by atoms with E-state index in [0.29, 0.717) is 24.1 Å². The Hall–Kier alpha value is -2.37. The van der Waals surface area contributed by atoms with Crippen LogP contribution in [-0.4, -0.2) is 30.7 Å². The van der Waals surface area contributed by atoms with Gasteiger partial charge in [0.05, 0.1) is 6.61 Å². The molecular formula is C21H31N3O3. The largest absolute Gasteiger partial charge is 0.494 e. The number of nitrogens with one attached hydrogen (secondary N) is 2. The van der Waals surface area contributed by atoms with Gasteiger partial charge in [0.15, 0.2) is 0 Å². The molecule has 1 aliphatic heterocycles.